The fourth-order valence-corrected chi connectivity index (χ4v) is 1.44. The van der Waals surface area contributed by atoms with Gasteiger partial charge in [-0.15, -0.1) is 10.2 Å². The zero-order valence-electron chi connectivity index (χ0n) is 9.08. The Balaban J connectivity index is 1.98. The molecule has 0 saturated carbocycles. The van der Waals surface area contributed by atoms with E-state index in [9.17, 15) is 0 Å². The van der Waals surface area contributed by atoms with Crippen molar-refractivity contribution in [2.45, 2.75) is 6.92 Å². The maximum Gasteiger partial charge on any atom is 0.270 e. The second kappa shape index (κ2) is 3.82. The lowest BCUT2D eigenvalue weighted by molar-refractivity contribution is 0.582. The molecule has 0 aliphatic heterocycles. The Hall–Kier alpha value is -2.50. The summed E-state index contributed by atoms with van der Waals surface area (Å²) in [7, 11) is 0. The van der Waals surface area contributed by atoms with Crippen molar-refractivity contribution in [1.82, 2.24) is 25.6 Å². The number of hydrogen-bond donors (Lipinski definition) is 1. The molecule has 0 bridgehead atoms. The summed E-state index contributed by atoms with van der Waals surface area (Å²) in [5.74, 6) is 0.831. The maximum atomic E-state index is 5.51. The molecule has 1 aromatic carbocycles. The molecule has 0 amide bonds. The summed E-state index contributed by atoms with van der Waals surface area (Å²) >= 11 is 0. The summed E-state index contributed by atoms with van der Waals surface area (Å²) in [6, 6.07) is 7.87. The molecule has 2 aromatic heterocycles. The lowest BCUT2D eigenvalue weighted by Crippen LogP contribution is -1.78. The molecule has 0 unspecified atom stereocenters. The normalized spacial score (nSPS) is 10.6. The highest BCUT2D eigenvalue weighted by atomic mass is 16.4. The summed E-state index contributed by atoms with van der Waals surface area (Å²) in [6.07, 6.45) is 1.53. The molecule has 1 N–H and O–H groups in total. The highest BCUT2D eigenvalue weighted by molar-refractivity contribution is 5.55. The molecule has 84 valence electrons. The lowest BCUT2D eigenvalue weighted by atomic mass is 10.1. The van der Waals surface area contributed by atoms with Gasteiger partial charge in [0.2, 0.25) is 5.89 Å². The first-order valence-corrected chi connectivity index (χ1v) is 5.09. The van der Waals surface area contributed by atoms with Crippen LogP contribution in [0.2, 0.25) is 0 Å². The molecule has 3 rings (SSSR count). The van der Waals surface area contributed by atoms with Gasteiger partial charge in [0.15, 0.2) is 5.69 Å². The largest absolute Gasteiger partial charge is 0.414 e. The van der Waals surface area contributed by atoms with Gasteiger partial charge in [0, 0.05) is 5.56 Å². The molecule has 0 aliphatic carbocycles. The highest BCUT2D eigenvalue weighted by Gasteiger charge is 2.11. The fraction of sp³-hybridized carbons (Fsp3) is 0.0909. The van der Waals surface area contributed by atoms with Gasteiger partial charge in [0.25, 0.3) is 5.89 Å². The average molecular weight is 227 g/mol. The third-order valence-corrected chi connectivity index (χ3v) is 2.36. The van der Waals surface area contributed by atoms with Crippen LogP contribution in [0.15, 0.2) is 34.9 Å². The molecule has 0 saturated heterocycles. The second-order valence-electron chi connectivity index (χ2n) is 3.63. The zero-order valence-corrected chi connectivity index (χ0v) is 9.08. The minimum atomic E-state index is 0.356. The number of aromatic amines is 1. The van der Waals surface area contributed by atoms with E-state index in [-0.39, 0.29) is 0 Å². The molecule has 0 atom stereocenters. The summed E-state index contributed by atoms with van der Waals surface area (Å²) in [6.45, 7) is 2.03. The van der Waals surface area contributed by atoms with E-state index in [4.69, 9.17) is 4.42 Å². The van der Waals surface area contributed by atoms with Crippen LogP contribution in [0.1, 0.15) is 5.56 Å². The van der Waals surface area contributed by atoms with Gasteiger partial charge >= 0.3 is 0 Å². The molecule has 0 radical (unpaired) electrons. The van der Waals surface area contributed by atoms with E-state index in [1.165, 1.54) is 11.8 Å². The monoisotopic (exact) mass is 227 g/mol. The zero-order chi connectivity index (χ0) is 11.7. The quantitative estimate of drug-likeness (QED) is 0.722. The first-order chi connectivity index (χ1) is 8.33. The van der Waals surface area contributed by atoms with Crippen molar-refractivity contribution < 1.29 is 4.42 Å². The van der Waals surface area contributed by atoms with E-state index >= 15 is 0 Å². The summed E-state index contributed by atoms with van der Waals surface area (Å²) in [4.78, 5) is 0. The molecular weight excluding hydrogens is 218 g/mol. The third kappa shape index (κ3) is 1.80. The predicted octanol–water partition coefficient (Wildman–Crippen LogP) is 1.83. The van der Waals surface area contributed by atoms with E-state index in [0.717, 1.165) is 5.56 Å². The van der Waals surface area contributed by atoms with Gasteiger partial charge in [-0.25, -0.2) is 0 Å². The molecule has 6 heteroatoms. The Morgan fingerprint density at radius 1 is 1.06 bits per heavy atom. The van der Waals surface area contributed by atoms with Crippen LogP contribution in [0.25, 0.3) is 23.0 Å². The van der Waals surface area contributed by atoms with Crippen LogP contribution in [0, 0.1) is 6.92 Å². The molecule has 2 heterocycles. The summed E-state index contributed by atoms with van der Waals surface area (Å²) < 4.78 is 5.51. The van der Waals surface area contributed by atoms with Gasteiger partial charge in [0.1, 0.15) is 0 Å². The van der Waals surface area contributed by atoms with E-state index in [0.29, 0.717) is 17.5 Å². The number of hydrogen-bond acceptors (Lipinski definition) is 5. The Kier molecular flexibility index (Phi) is 2.18. The Labute approximate surface area is 96.7 Å². The van der Waals surface area contributed by atoms with Gasteiger partial charge in [-0.2, -0.15) is 15.4 Å². The van der Waals surface area contributed by atoms with Gasteiger partial charge in [-0.1, -0.05) is 17.7 Å². The van der Waals surface area contributed by atoms with Gasteiger partial charge in [0.05, 0.1) is 6.20 Å². The number of benzene rings is 1. The van der Waals surface area contributed by atoms with Crippen molar-refractivity contribution in [2.24, 2.45) is 0 Å². The van der Waals surface area contributed by atoms with Crippen LogP contribution in [-0.2, 0) is 0 Å². The number of aryl methyl sites for hydroxylation is 1. The number of rotatable bonds is 2. The SMILES string of the molecule is Cc1ccc(-c2nnc(-c3cn[nH]n3)o2)cc1. The topological polar surface area (TPSA) is 80.5 Å². The molecule has 0 fully saturated rings. The van der Waals surface area contributed by atoms with Crippen molar-refractivity contribution in [3.8, 4) is 23.0 Å². The standard InChI is InChI=1S/C11H9N5O/c1-7-2-4-8(5-3-7)10-14-15-11(17-10)9-6-12-16-13-9/h2-6H,1H3,(H,12,13,16). The van der Waals surface area contributed by atoms with Crippen molar-refractivity contribution in [3.05, 3.63) is 36.0 Å². The third-order valence-electron chi connectivity index (χ3n) is 2.36. The van der Waals surface area contributed by atoms with Crippen LogP contribution < -0.4 is 0 Å². The van der Waals surface area contributed by atoms with E-state index in [2.05, 4.69) is 25.6 Å². The van der Waals surface area contributed by atoms with Gasteiger partial charge in [-0.3, -0.25) is 0 Å². The van der Waals surface area contributed by atoms with Crippen molar-refractivity contribution in [1.29, 1.82) is 0 Å². The van der Waals surface area contributed by atoms with Crippen LogP contribution in [-0.4, -0.2) is 25.6 Å². The van der Waals surface area contributed by atoms with Crippen LogP contribution in [0.4, 0.5) is 0 Å². The number of nitrogens with one attached hydrogen (secondary N) is 1. The van der Waals surface area contributed by atoms with Crippen LogP contribution in [0.5, 0.6) is 0 Å². The number of H-pyrrole nitrogens is 1. The fourth-order valence-electron chi connectivity index (χ4n) is 1.44. The summed E-state index contributed by atoms with van der Waals surface area (Å²) in [5, 5.41) is 18.0. The molecule has 17 heavy (non-hydrogen) atoms. The lowest BCUT2D eigenvalue weighted by Gasteiger charge is -1.94. The maximum absolute atomic E-state index is 5.51. The minimum Gasteiger partial charge on any atom is -0.414 e. The van der Waals surface area contributed by atoms with E-state index in [1.54, 1.807) is 0 Å². The van der Waals surface area contributed by atoms with E-state index < -0.39 is 0 Å². The average Bonchev–Trinajstić information content (AvgIpc) is 3.00. The Bertz CT molecular complexity index is 612. The second-order valence-corrected chi connectivity index (χ2v) is 3.63. The Morgan fingerprint density at radius 3 is 2.53 bits per heavy atom. The Morgan fingerprint density at radius 2 is 1.82 bits per heavy atom. The van der Waals surface area contributed by atoms with E-state index in [1.807, 2.05) is 31.2 Å². The molecule has 6 nitrogen and oxygen atoms in total. The first kappa shape index (κ1) is 9.71. The summed E-state index contributed by atoms with van der Waals surface area (Å²) in [5.41, 5.74) is 2.61. The number of nitrogens with zero attached hydrogens (tertiary/aromatic N) is 4. The van der Waals surface area contributed by atoms with Crippen molar-refractivity contribution in [3.63, 3.8) is 0 Å². The predicted molar refractivity (Wildman–Crippen MR) is 59.8 cm³/mol. The number of aromatic nitrogens is 5. The molecule has 3 aromatic rings. The molecule has 0 aliphatic rings. The highest BCUT2D eigenvalue weighted by Crippen LogP contribution is 2.22. The van der Waals surface area contributed by atoms with Crippen molar-refractivity contribution >= 4 is 0 Å². The smallest absolute Gasteiger partial charge is 0.270 e. The molecular formula is C11H9N5O. The van der Waals surface area contributed by atoms with Gasteiger partial charge < -0.3 is 4.42 Å². The van der Waals surface area contributed by atoms with Crippen LogP contribution >= 0.6 is 0 Å². The van der Waals surface area contributed by atoms with Crippen LogP contribution in [0.3, 0.4) is 0 Å². The first-order valence-electron chi connectivity index (χ1n) is 5.09. The van der Waals surface area contributed by atoms with Gasteiger partial charge in [-0.05, 0) is 19.1 Å². The molecule has 0 spiro atoms. The van der Waals surface area contributed by atoms with Crippen molar-refractivity contribution in [2.75, 3.05) is 0 Å². The minimum absolute atomic E-state index is 0.356.